The summed E-state index contributed by atoms with van der Waals surface area (Å²) in [7, 11) is 0. The SMILES string of the molecule is CC1CN(c2c(C=O)cc(-c3csnn3)c(F)c2F)CC(C)O1. The lowest BCUT2D eigenvalue weighted by molar-refractivity contribution is -0.00546. The Morgan fingerprint density at radius 1 is 1.30 bits per heavy atom. The summed E-state index contributed by atoms with van der Waals surface area (Å²) in [6.45, 7) is 4.48. The van der Waals surface area contributed by atoms with Crippen LogP contribution in [0.25, 0.3) is 11.3 Å². The molecule has 2 atom stereocenters. The van der Waals surface area contributed by atoms with E-state index in [-0.39, 0.29) is 34.7 Å². The molecular formula is C15H15F2N3O2S. The molecule has 1 aromatic carbocycles. The van der Waals surface area contributed by atoms with E-state index in [9.17, 15) is 13.6 Å². The van der Waals surface area contributed by atoms with Crippen molar-refractivity contribution in [2.45, 2.75) is 26.1 Å². The van der Waals surface area contributed by atoms with Crippen LogP contribution in [0.2, 0.25) is 0 Å². The van der Waals surface area contributed by atoms with E-state index in [0.29, 0.717) is 19.4 Å². The Kier molecular flexibility index (Phi) is 4.36. The molecule has 0 aliphatic carbocycles. The van der Waals surface area contributed by atoms with Gasteiger partial charge in [-0.1, -0.05) is 4.49 Å². The number of carbonyl (C=O) groups excluding carboxylic acids is 1. The summed E-state index contributed by atoms with van der Waals surface area (Å²) in [5.41, 5.74) is 0.223. The second-order valence-electron chi connectivity index (χ2n) is 5.56. The molecule has 0 spiro atoms. The van der Waals surface area contributed by atoms with Gasteiger partial charge in [-0.15, -0.1) is 5.10 Å². The molecule has 0 radical (unpaired) electrons. The fraction of sp³-hybridized carbons (Fsp3) is 0.400. The van der Waals surface area contributed by atoms with E-state index in [0.717, 1.165) is 11.5 Å². The average Bonchev–Trinajstić information content (AvgIpc) is 3.02. The van der Waals surface area contributed by atoms with E-state index in [1.165, 1.54) is 11.4 Å². The van der Waals surface area contributed by atoms with Gasteiger partial charge in [0.05, 0.1) is 17.9 Å². The van der Waals surface area contributed by atoms with Crippen LogP contribution in [0.3, 0.4) is 0 Å². The third-order valence-electron chi connectivity index (χ3n) is 3.71. The fourth-order valence-electron chi connectivity index (χ4n) is 2.88. The highest BCUT2D eigenvalue weighted by Gasteiger charge is 2.29. The van der Waals surface area contributed by atoms with Gasteiger partial charge in [0.2, 0.25) is 0 Å². The van der Waals surface area contributed by atoms with E-state index in [1.807, 2.05) is 13.8 Å². The van der Waals surface area contributed by atoms with Gasteiger partial charge in [0.1, 0.15) is 5.69 Å². The lowest BCUT2D eigenvalue weighted by Crippen LogP contribution is -2.46. The van der Waals surface area contributed by atoms with Crippen LogP contribution in [0.5, 0.6) is 0 Å². The Morgan fingerprint density at radius 3 is 2.57 bits per heavy atom. The Bertz CT molecular complexity index is 714. The van der Waals surface area contributed by atoms with Crippen molar-refractivity contribution >= 4 is 23.5 Å². The molecule has 0 saturated carbocycles. The number of carbonyl (C=O) groups is 1. The highest BCUT2D eigenvalue weighted by molar-refractivity contribution is 7.03. The number of halogens is 2. The third-order valence-corrected chi connectivity index (χ3v) is 4.21. The number of benzene rings is 1. The molecule has 2 heterocycles. The molecule has 23 heavy (non-hydrogen) atoms. The van der Waals surface area contributed by atoms with Crippen LogP contribution >= 0.6 is 11.5 Å². The van der Waals surface area contributed by atoms with Crippen LogP contribution in [0, 0.1) is 11.6 Å². The summed E-state index contributed by atoms with van der Waals surface area (Å²) < 4.78 is 38.4. The molecule has 5 nitrogen and oxygen atoms in total. The van der Waals surface area contributed by atoms with Gasteiger partial charge in [0.15, 0.2) is 17.9 Å². The minimum atomic E-state index is -1.04. The second kappa shape index (κ2) is 6.29. The van der Waals surface area contributed by atoms with Gasteiger partial charge in [-0.2, -0.15) is 0 Å². The number of anilines is 1. The molecule has 0 amide bonds. The van der Waals surface area contributed by atoms with Gasteiger partial charge in [-0.05, 0) is 31.4 Å². The lowest BCUT2D eigenvalue weighted by atomic mass is 10.0. The number of ether oxygens (including phenoxy) is 1. The molecule has 2 aromatic rings. The minimum Gasteiger partial charge on any atom is -0.372 e. The average molecular weight is 339 g/mol. The molecule has 0 N–H and O–H groups in total. The van der Waals surface area contributed by atoms with Gasteiger partial charge >= 0.3 is 0 Å². The Hall–Kier alpha value is -1.93. The molecule has 1 aliphatic heterocycles. The van der Waals surface area contributed by atoms with Crippen LogP contribution in [-0.2, 0) is 4.74 Å². The first-order valence-corrected chi connectivity index (χ1v) is 8.00. The van der Waals surface area contributed by atoms with E-state index in [1.54, 1.807) is 4.90 Å². The highest BCUT2D eigenvalue weighted by Crippen LogP contribution is 2.34. The Labute approximate surface area is 136 Å². The second-order valence-corrected chi connectivity index (χ2v) is 6.17. The number of rotatable bonds is 3. The number of nitrogens with zero attached hydrogens (tertiary/aromatic N) is 3. The molecule has 1 saturated heterocycles. The summed E-state index contributed by atoms with van der Waals surface area (Å²) in [5.74, 6) is -2.07. The predicted molar refractivity (Wildman–Crippen MR) is 82.9 cm³/mol. The van der Waals surface area contributed by atoms with Gasteiger partial charge in [0.25, 0.3) is 0 Å². The lowest BCUT2D eigenvalue weighted by Gasteiger charge is -2.37. The number of hydrogen-bond donors (Lipinski definition) is 0. The molecule has 8 heteroatoms. The van der Waals surface area contributed by atoms with Crippen LogP contribution in [0.4, 0.5) is 14.5 Å². The van der Waals surface area contributed by atoms with E-state index < -0.39 is 11.6 Å². The summed E-state index contributed by atoms with van der Waals surface area (Å²) in [6, 6.07) is 1.32. The van der Waals surface area contributed by atoms with E-state index in [2.05, 4.69) is 9.59 Å². The van der Waals surface area contributed by atoms with Crippen LogP contribution in [0.15, 0.2) is 11.4 Å². The maximum Gasteiger partial charge on any atom is 0.183 e. The van der Waals surface area contributed by atoms with Crippen molar-refractivity contribution in [3.05, 3.63) is 28.6 Å². The van der Waals surface area contributed by atoms with E-state index in [4.69, 9.17) is 4.74 Å². The molecule has 122 valence electrons. The number of morpholine rings is 1. The molecule has 1 fully saturated rings. The quantitative estimate of drug-likeness (QED) is 0.805. The standard InChI is InChI=1S/C15H15F2N3O2S/c1-8-4-20(5-9(2)22-8)15-10(6-21)3-11(13(16)14(15)17)12-7-23-19-18-12/h3,6-9H,4-5H2,1-2H3. The summed E-state index contributed by atoms with van der Waals surface area (Å²) >= 11 is 1.03. The topological polar surface area (TPSA) is 55.3 Å². The van der Waals surface area contributed by atoms with Gasteiger partial charge < -0.3 is 9.64 Å². The summed E-state index contributed by atoms with van der Waals surface area (Å²) in [4.78, 5) is 13.1. The molecule has 2 unspecified atom stereocenters. The smallest absolute Gasteiger partial charge is 0.183 e. The summed E-state index contributed by atoms with van der Waals surface area (Å²) in [6.07, 6.45) is 0.262. The van der Waals surface area contributed by atoms with Crippen molar-refractivity contribution < 1.29 is 18.3 Å². The van der Waals surface area contributed by atoms with Crippen LogP contribution in [-0.4, -0.2) is 41.2 Å². The van der Waals surface area contributed by atoms with Crippen LogP contribution < -0.4 is 4.90 Å². The van der Waals surface area contributed by atoms with Gasteiger partial charge in [-0.3, -0.25) is 4.79 Å². The van der Waals surface area contributed by atoms with Gasteiger partial charge in [0, 0.05) is 29.6 Å². The fourth-order valence-corrected chi connectivity index (χ4v) is 3.33. The van der Waals surface area contributed by atoms with Crippen molar-refractivity contribution in [2.24, 2.45) is 0 Å². The molecule has 1 aliphatic rings. The molecular weight excluding hydrogens is 324 g/mol. The first-order chi connectivity index (χ1) is 11.0. The number of aldehydes is 1. The largest absolute Gasteiger partial charge is 0.372 e. The summed E-state index contributed by atoms with van der Waals surface area (Å²) in [5, 5.41) is 5.25. The van der Waals surface area contributed by atoms with Crippen LogP contribution in [0.1, 0.15) is 24.2 Å². The Balaban J connectivity index is 2.10. The molecule has 1 aromatic heterocycles. The predicted octanol–water partition coefficient (Wildman–Crippen LogP) is 2.91. The maximum atomic E-state index is 14.7. The monoisotopic (exact) mass is 339 g/mol. The molecule has 3 rings (SSSR count). The first kappa shape index (κ1) is 15.9. The molecule has 0 bridgehead atoms. The zero-order valence-corrected chi connectivity index (χ0v) is 13.4. The van der Waals surface area contributed by atoms with Crippen molar-refractivity contribution in [1.29, 1.82) is 0 Å². The van der Waals surface area contributed by atoms with Crippen molar-refractivity contribution in [1.82, 2.24) is 9.59 Å². The normalized spacial score (nSPS) is 21.5. The Morgan fingerprint density at radius 2 is 2.00 bits per heavy atom. The first-order valence-electron chi connectivity index (χ1n) is 7.16. The zero-order chi connectivity index (χ0) is 16.6. The maximum absolute atomic E-state index is 14.7. The van der Waals surface area contributed by atoms with Crippen molar-refractivity contribution in [2.75, 3.05) is 18.0 Å². The van der Waals surface area contributed by atoms with E-state index >= 15 is 0 Å². The van der Waals surface area contributed by atoms with Crippen molar-refractivity contribution in [3.63, 3.8) is 0 Å². The third kappa shape index (κ3) is 2.96. The van der Waals surface area contributed by atoms with Crippen molar-refractivity contribution in [3.8, 4) is 11.3 Å². The number of aromatic nitrogens is 2. The highest BCUT2D eigenvalue weighted by atomic mass is 32.1. The van der Waals surface area contributed by atoms with Gasteiger partial charge in [-0.25, -0.2) is 8.78 Å². The minimum absolute atomic E-state index is 0.0218. The zero-order valence-electron chi connectivity index (χ0n) is 12.6. The number of hydrogen-bond acceptors (Lipinski definition) is 6.